The number of hydrogen-bond acceptors (Lipinski definition) is 4. The third kappa shape index (κ3) is 4.49. The van der Waals surface area contributed by atoms with E-state index in [1.54, 1.807) is 6.20 Å². The van der Waals surface area contributed by atoms with E-state index in [-0.39, 0.29) is 6.10 Å². The van der Waals surface area contributed by atoms with Gasteiger partial charge in [-0.05, 0) is 26.5 Å². The first-order valence-corrected chi connectivity index (χ1v) is 5.72. The Morgan fingerprint density at radius 2 is 2.19 bits per heavy atom. The molecule has 1 heterocycles. The normalized spacial score (nSPS) is 12.2. The van der Waals surface area contributed by atoms with Crippen LogP contribution in [-0.4, -0.2) is 30.8 Å². The highest BCUT2D eigenvalue weighted by atomic mass is 16.5. The van der Waals surface area contributed by atoms with E-state index in [2.05, 4.69) is 17.2 Å². The van der Waals surface area contributed by atoms with Crippen LogP contribution >= 0.6 is 0 Å². The topological polar surface area (TPSA) is 43.4 Å². The lowest BCUT2D eigenvalue weighted by atomic mass is 10.4. The predicted molar refractivity (Wildman–Crippen MR) is 64.0 cm³/mol. The monoisotopic (exact) mass is 224 g/mol. The zero-order valence-electron chi connectivity index (χ0n) is 10.2. The largest absolute Gasteiger partial charge is 0.492 e. The van der Waals surface area contributed by atoms with Crippen molar-refractivity contribution in [3.8, 4) is 11.6 Å². The van der Waals surface area contributed by atoms with Gasteiger partial charge < -0.3 is 14.8 Å². The van der Waals surface area contributed by atoms with E-state index in [0.29, 0.717) is 12.5 Å². The Kier molecular flexibility index (Phi) is 5.64. The van der Waals surface area contributed by atoms with Gasteiger partial charge in [0, 0.05) is 12.6 Å². The fraction of sp³-hybridized carbons (Fsp3) is 0.583. The summed E-state index contributed by atoms with van der Waals surface area (Å²) in [6.45, 7) is 8.46. The zero-order valence-corrected chi connectivity index (χ0v) is 10.2. The van der Waals surface area contributed by atoms with Gasteiger partial charge >= 0.3 is 0 Å². The summed E-state index contributed by atoms with van der Waals surface area (Å²) in [6.07, 6.45) is 1.80. The summed E-state index contributed by atoms with van der Waals surface area (Å²) in [5, 5.41) is 3.22. The predicted octanol–water partition coefficient (Wildman–Crippen LogP) is 1.86. The first kappa shape index (κ1) is 12.8. The highest BCUT2D eigenvalue weighted by molar-refractivity contribution is 5.22. The Morgan fingerprint density at radius 3 is 2.75 bits per heavy atom. The van der Waals surface area contributed by atoms with Crippen LogP contribution in [0.1, 0.15) is 20.8 Å². The molecule has 0 bridgehead atoms. The molecule has 0 unspecified atom stereocenters. The molecule has 0 spiro atoms. The summed E-state index contributed by atoms with van der Waals surface area (Å²) >= 11 is 0. The second-order valence-electron chi connectivity index (χ2n) is 3.50. The van der Waals surface area contributed by atoms with E-state index in [1.807, 2.05) is 26.0 Å². The number of rotatable bonds is 7. The molecule has 1 aromatic rings. The summed E-state index contributed by atoms with van der Waals surface area (Å²) in [5.74, 6) is 1.41. The standard InChI is InChI=1S/C12H20N2O2/c1-4-13-8-10(3)16-12-7-6-11(9-14-12)15-5-2/h6-7,9-10,13H,4-5,8H2,1-3H3/t10-/m1/s1. The Bertz CT molecular complexity index is 288. The molecule has 90 valence electrons. The third-order valence-corrected chi connectivity index (χ3v) is 2.02. The maximum absolute atomic E-state index is 5.62. The quantitative estimate of drug-likeness (QED) is 0.767. The maximum Gasteiger partial charge on any atom is 0.213 e. The third-order valence-electron chi connectivity index (χ3n) is 2.02. The first-order valence-electron chi connectivity index (χ1n) is 5.72. The van der Waals surface area contributed by atoms with Crippen molar-refractivity contribution < 1.29 is 9.47 Å². The minimum atomic E-state index is 0.116. The first-order chi connectivity index (χ1) is 7.76. The molecular weight excluding hydrogens is 204 g/mol. The van der Waals surface area contributed by atoms with Crippen LogP contribution in [0.4, 0.5) is 0 Å². The van der Waals surface area contributed by atoms with Crippen molar-refractivity contribution in [3.05, 3.63) is 18.3 Å². The lowest BCUT2D eigenvalue weighted by molar-refractivity contribution is 0.209. The van der Waals surface area contributed by atoms with Gasteiger partial charge in [-0.15, -0.1) is 0 Å². The van der Waals surface area contributed by atoms with Gasteiger partial charge in [0.05, 0.1) is 12.8 Å². The lowest BCUT2D eigenvalue weighted by Gasteiger charge is -2.14. The van der Waals surface area contributed by atoms with Crippen molar-refractivity contribution in [3.63, 3.8) is 0 Å². The molecule has 0 saturated carbocycles. The fourth-order valence-corrected chi connectivity index (χ4v) is 1.28. The molecule has 1 rings (SSSR count). The number of nitrogens with zero attached hydrogens (tertiary/aromatic N) is 1. The fourth-order valence-electron chi connectivity index (χ4n) is 1.28. The number of nitrogens with one attached hydrogen (secondary N) is 1. The van der Waals surface area contributed by atoms with E-state index in [1.165, 1.54) is 0 Å². The molecule has 16 heavy (non-hydrogen) atoms. The molecule has 4 heteroatoms. The maximum atomic E-state index is 5.62. The van der Waals surface area contributed by atoms with Gasteiger partial charge in [0.2, 0.25) is 5.88 Å². The average molecular weight is 224 g/mol. The summed E-state index contributed by atoms with van der Waals surface area (Å²) in [6, 6.07) is 3.69. The van der Waals surface area contributed by atoms with E-state index in [0.717, 1.165) is 18.8 Å². The molecule has 0 aliphatic carbocycles. The Labute approximate surface area is 97.0 Å². The van der Waals surface area contributed by atoms with Crippen molar-refractivity contribution in [2.45, 2.75) is 26.9 Å². The molecule has 0 saturated heterocycles. The lowest BCUT2D eigenvalue weighted by Crippen LogP contribution is -2.28. The van der Waals surface area contributed by atoms with E-state index in [4.69, 9.17) is 9.47 Å². The van der Waals surface area contributed by atoms with Crippen molar-refractivity contribution >= 4 is 0 Å². The second kappa shape index (κ2) is 7.06. The van der Waals surface area contributed by atoms with Crippen LogP contribution in [0.15, 0.2) is 18.3 Å². The van der Waals surface area contributed by atoms with Crippen LogP contribution in [-0.2, 0) is 0 Å². The highest BCUT2D eigenvalue weighted by Gasteiger charge is 2.04. The van der Waals surface area contributed by atoms with Crippen molar-refractivity contribution in [1.29, 1.82) is 0 Å². The van der Waals surface area contributed by atoms with Gasteiger partial charge in [-0.1, -0.05) is 6.92 Å². The highest BCUT2D eigenvalue weighted by Crippen LogP contribution is 2.14. The number of hydrogen-bond donors (Lipinski definition) is 1. The summed E-state index contributed by atoms with van der Waals surface area (Å²) < 4.78 is 10.9. The van der Waals surface area contributed by atoms with Crippen LogP contribution in [0, 0.1) is 0 Å². The molecule has 0 aliphatic heterocycles. The van der Waals surface area contributed by atoms with Gasteiger partial charge in [-0.2, -0.15) is 0 Å². The molecule has 0 fully saturated rings. The van der Waals surface area contributed by atoms with E-state index in [9.17, 15) is 0 Å². The van der Waals surface area contributed by atoms with Crippen molar-refractivity contribution in [2.75, 3.05) is 19.7 Å². The molecule has 0 aromatic carbocycles. The van der Waals surface area contributed by atoms with Crippen LogP contribution in [0.2, 0.25) is 0 Å². The number of pyridine rings is 1. The number of aromatic nitrogens is 1. The molecule has 0 amide bonds. The van der Waals surface area contributed by atoms with Gasteiger partial charge in [-0.25, -0.2) is 4.98 Å². The SMILES string of the molecule is CCNC[C@@H](C)Oc1ccc(OCC)cn1. The molecular formula is C12H20N2O2. The Hall–Kier alpha value is -1.29. The summed E-state index contributed by atoms with van der Waals surface area (Å²) in [4.78, 5) is 4.17. The van der Waals surface area contributed by atoms with Gasteiger partial charge in [0.15, 0.2) is 0 Å². The summed E-state index contributed by atoms with van der Waals surface area (Å²) in [7, 11) is 0. The van der Waals surface area contributed by atoms with Gasteiger partial charge in [0.25, 0.3) is 0 Å². The molecule has 1 aromatic heterocycles. The van der Waals surface area contributed by atoms with E-state index < -0.39 is 0 Å². The van der Waals surface area contributed by atoms with Crippen LogP contribution < -0.4 is 14.8 Å². The average Bonchev–Trinajstić information content (AvgIpc) is 2.29. The van der Waals surface area contributed by atoms with Crippen LogP contribution in [0.5, 0.6) is 11.6 Å². The van der Waals surface area contributed by atoms with Gasteiger partial charge in [0.1, 0.15) is 11.9 Å². The zero-order chi connectivity index (χ0) is 11.8. The summed E-state index contributed by atoms with van der Waals surface area (Å²) in [5.41, 5.74) is 0. The second-order valence-corrected chi connectivity index (χ2v) is 3.50. The van der Waals surface area contributed by atoms with E-state index >= 15 is 0 Å². The molecule has 1 atom stereocenters. The van der Waals surface area contributed by atoms with Gasteiger partial charge in [-0.3, -0.25) is 0 Å². The molecule has 0 aliphatic rings. The molecule has 4 nitrogen and oxygen atoms in total. The van der Waals surface area contributed by atoms with Crippen LogP contribution in [0.25, 0.3) is 0 Å². The Balaban J connectivity index is 2.41. The number of likely N-dealkylation sites (N-methyl/N-ethyl adjacent to an activating group) is 1. The minimum absolute atomic E-state index is 0.116. The van der Waals surface area contributed by atoms with Crippen molar-refractivity contribution in [1.82, 2.24) is 10.3 Å². The van der Waals surface area contributed by atoms with Crippen molar-refractivity contribution in [2.24, 2.45) is 0 Å². The minimum Gasteiger partial charge on any atom is -0.492 e. The molecule has 1 N–H and O–H groups in total. The van der Waals surface area contributed by atoms with Crippen LogP contribution in [0.3, 0.4) is 0 Å². The smallest absolute Gasteiger partial charge is 0.213 e. The number of ether oxygens (including phenoxy) is 2. The molecule has 0 radical (unpaired) electrons. The Morgan fingerprint density at radius 1 is 1.38 bits per heavy atom.